The van der Waals surface area contributed by atoms with E-state index in [1.807, 2.05) is 11.9 Å². The van der Waals surface area contributed by atoms with Crippen LogP contribution in [0.2, 0.25) is 0 Å². The summed E-state index contributed by atoms with van der Waals surface area (Å²) in [4.78, 5) is 13.2. The fourth-order valence-electron chi connectivity index (χ4n) is 4.28. The summed E-state index contributed by atoms with van der Waals surface area (Å²) in [6.07, 6.45) is 4.05. The molecule has 0 saturated heterocycles. The van der Waals surface area contributed by atoms with Crippen molar-refractivity contribution in [2.24, 2.45) is 5.41 Å². The molecule has 1 N–H and O–H groups in total. The molecule has 2 heterocycles. The average molecular weight is 427 g/mol. The number of amides is 1. The number of nitrogens with one attached hydrogen (secondary N) is 1. The van der Waals surface area contributed by atoms with Crippen LogP contribution in [0, 0.1) is 5.41 Å². The molecule has 0 spiro atoms. The number of alkyl carbamates (subject to hydrolysis) is 1. The van der Waals surface area contributed by atoms with Crippen molar-refractivity contribution in [1.29, 1.82) is 0 Å². The Kier molecular flexibility index (Phi) is 6.81. The number of ether oxygens (including phenoxy) is 2. The predicted octanol–water partition coefficient (Wildman–Crippen LogP) is 3.08. The highest BCUT2D eigenvalue weighted by Crippen LogP contribution is 2.43. The SMILES string of the molecule is CNC(=O)OCCN(C)Cc1nn2c(c1C1=CCC(C)(COC)CC1)CC(F)(F)C2. The van der Waals surface area contributed by atoms with Gasteiger partial charge in [-0.15, -0.1) is 0 Å². The third-order valence-corrected chi connectivity index (χ3v) is 5.92. The van der Waals surface area contributed by atoms with E-state index in [-0.39, 0.29) is 25.0 Å². The summed E-state index contributed by atoms with van der Waals surface area (Å²) in [5, 5.41) is 6.95. The van der Waals surface area contributed by atoms with E-state index in [1.54, 1.807) is 7.11 Å². The molecule has 0 radical (unpaired) electrons. The summed E-state index contributed by atoms with van der Waals surface area (Å²) < 4.78 is 40.0. The van der Waals surface area contributed by atoms with Crippen LogP contribution in [0.15, 0.2) is 6.08 Å². The highest BCUT2D eigenvalue weighted by atomic mass is 19.3. The Morgan fingerprint density at radius 3 is 2.83 bits per heavy atom. The number of methoxy groups -OCH3 is 1. The Hall–Kier alpha value is -2.00. The molecule has 1 aromatic rings. The summed E-state index contributed by atoms with van der Waals surface area (Å²) in [7, 11) is 5.12. The number of carbonyl (C=O) groups excluding carboxylic acids is 1. The van der Waals surface area contributed by atoms with Gasteiger partial charge in [0, 0.05) is 32.8 Å². The van der Waals surface area contributed by atoms with Crippen LogP contribution in [0.4, 0.5) is 13.6 Å². The van der Waals surface area contributed by atoms with Gasteiger partial charge < -0.3 is 14.8 Å². The quantitative estimate of drug-likeness (QED) is 0.692. The normalized spacial score (nSPS) is 22.7. The first-order valence-corrected chi connectivity index (χ1v) is 10.3. The molecule has 30 heavy (non-hydrogen) atoms. The zero-order valence-corrected chi connectivity index (χ0v) is 18.3. The van der Waals surface area contributed by atoms with E-state index in [2.05, 4.69) is 23.4 Å². The number of nitrogens with zero attached hydrogens (tertiary/aromatic N) is 3. The lowest BCUT2D eigenvalue weighted by atomic mass is 9.75. The third kappa shape index (κ3) is 5.18. The third-order valence-electron chi connectivity index (χ3n) is 5.92. The summed E-state index contributed by atoms with van der Waals surface area (Å²) in [5.41, 5.74) is 3.50. The monoisotopic (exact) mass is 426 g/mol. The largest absolute Gasteiger partial charge is 0.448 e. The maximum Gasteiger partial charge on any atom is 0.406 e. The summed E-state index contributed by atoms with van der Waals surface area (Å²) >= 11 is 0. The number of halogens is 2. The molecule has 0 fully saturated rings. The fraction of sp³-hybridized carbons (Fsp3) is 0.714. The van der Waals surface area contributed by atoms with Crippen LogP contribution < -0.4 is 5.32 Å². The van der Waals surface area contributed by atoms with E-state index in [0.717, 1.165) is 36.1 Å². The van der Waals surface area contributed by atoms with Gasteiger partial charge in [0.05, 0.1) is 24.4 Å². The molecular weight excluding hydrogens is 394 g/mol. The second-order valence-electron chi connectivity index (χ2n) is 8.76. The van der Waals surface area contributed by atoms with Crippen molar-refractivity contribution < 1.29 is 23.0 Å². The highest BCUT2D eigenvalue weighted by Gasteiger charge is 2.42. The predicted molar refractivity (Wildman–Crippen MR) is 109 cm³/mol. The molecule has 1 unspecified atom stereocenters. The minimum absolute atomic E-state index is 0.0761. The zero-order valence-electron chi connectivity index (χ0n) is 18.3. The number of likely N-dealkylation sites (N-methyl/N-ethyl adjacent to an activating group) is 1. The smallest absolute Gasteiger partial charge is 0.406 e. The number of rotatable bonds is 8. The van der Waals surface area contributed by atoms with Crippen LogP contribution in [-0.4, -0.2) is 67.7 Å². The maximum atomic E-state index is 14.0. The lowest BCUT2D eigenvalue weighted by Crippen LogP contribution is -2.28. The van der Waals surface area contributed by atoms with Crippen LogP contribution in [-0.2, 0) is 29.0 Å². The summed E-state index contributed by atoms with van der Waals surface area (Å²) in [6.45, 7) is 3.78. The van der Waals surface area contributed by atoms with E-state index in [1.165, 1.54) is 11.7 Å². The summed E-state index contributed by atoms with van der Waals surface area (Å²) in [5.74, 6) is -2.75. The molecule has 1 aromatic heterocycles. The number of hydrogen-bond donors (Lipinski definition) is 1. The minimum Gasteiger partial charge on any atom is -0.448 e. The van der Waals surface area contributed by atoms with Crippen LogP contribution in [0.3, 0.4) is 0 Å². The Bertz CT molecular complexity index is 808. The second-order valence-corrected chi connectivity index (χ2v) is 8.76. The van der Waals surface area contributed by atoms with Gasteiger partial charge in [-0.3, -0.25) is 9.58 Å². The van der Waals surface area contributed by atoms with Gasteiger partial charge in [-0.1, -0.05) is 13.0 Å². The Balaban J connectivity index is 1.78. The highest BCUT2D eigenvalue weighted by molar-refractivity contribution is 5.71. The molecule has 0 saturated carbocycles. The molecule has 1 amide bonds. The van der Waals surface area contributed by atoms with E-state index >= 15 is 0 Å². The van der Waals surface area contributed by atoms with Gasteiger partial charge in [-0.05, 0) is 37.3 Å². The van der Waals surface area contributed by atoms with Crippen molar-refractivity contribution in [3.8, 4) is 0 Å². The minimum atomic E-state index is -2.75. The molecule has 9 heteroatoms. The van der Waals surface area contributed by atoms with Gasteiger partial charge in [0.15, 0.2) is 0 Å². The number of aromatic nitrogens is 2. The molecule has 1 aliphatic carbocycles. The summed E-state index contributed by atoms with van der Waals surface area (Å²) in [6, 6.07) is 0. The lowest BCUT2D eigenvalue weighted by Gasteiger charge is -2.32. The van der Waals surface area contributed by atoms with Gasteiger partial charge in [-0.2, -0.15) is 5.10 Å². The molecule has 1 aliphatic heterocycles. The lowest BCUT2D eigenvalue weighted by molar-refractivity contribution is 0.000776. The van der Waals surface area contributed by atoms with Gasteiger partial charge in [-0.25, -0.2) is 13.6 Å². The van der Waals surface area contributed by atoms with Crippen LogP contribution in [0.5, 0.6) is 0 Å². The first kappa shape index (κ1) is 22.7. The number of carbonyl (C=O) groups is 1. The van der Waals surface area contributed by atoms with Crippen molar-refractivity contribution >= 4 is 11.7 Å². The van der Waals surface area contributed by atoms with Crippen molar-refractivity contribution in [3.05, 3.63) is 23.0 Å². The van der Waals surface area contributed by atoms with Crippen LogP contribution >= 0.6 is 0 Å². The van der Waals surface area contributed by atoms with E-state index < -0.39 is 12.0 Å². The van der Waals surface area contributed by atoms with Crippen LogP contribution in [0.1, 0.15) is 43.1 Å². The average Bonchev–Trinajstić information content (AvgIpc) is 3.13. The number of hydrogen-bond acceptors (Lipinski definition) is 5. The molecule has 168 valence electrons. The van der Waals surface area contributed by atoms with Crippen molar-refractivity contribution in [3.63, 3.8) is 0 Å². The standard InChI is InChI=1S/C21H32F2N4O3/c1-20(14-29-4)7-5-15(6-8-20)18-16(12-26(3)9-10-30-19(28)24-2)25-27-13-21(22,23)11-17(18)27/h5H,6-14H2,1-4H3,(H,24,28). The maximum absolute atomic E-state index is 14.0. The second kappa shape index (κ2) is 9.01. The fourth-order valence-corrected chi connectivity index (χ4v) is 4.28. The van der Waals surface area contributed by atoms with Crippen molar-refractivity contribution in [2.45, 2.75) is 51.6 Å². The van der Waals surface area contributed by atoms with Crippen molar-refractivity contribution in [1.82, 2.24) is 20.0 Å². The van der Waals surface area contributed by atoms with Gasteiger partial charge in [0.1, 0.15) is 13.2 Å². The zero-order chi connectivity index (χ0) is 21.9. The molecule has 2 aliphatic rings. The number of fused-ring (bicyclic) bond motifs is 1. The van der Waals surface area contributed by atoms with E-state index in [9.17, 15) is 13.6 Å². The first-order chi connectivity index (χ1) is 14.2. The molecule has 0 aromatic carbocycles. The molecule has 7 nitrogen and oxygen atoms in total. The molecule has 0 bridgehead atoms. The Labute approximate surface area is 176 Å². The molecule has 3 rings (SSSR count). The van der Waals surface area contributed by atoms with Gasteiger partial charge >= 0.3 is 6.09 Å². The van der Waals surface area contributed by atoms with E-state index in [0.29, 0.717) is 25.4 Å². The molecular formula is C21H32F2N4O3. The van der Waals surface area contributed by atoms with Gasteiger partial charge in [0.2, 0.25) is 0 Å². The number of alkyl halides is 2. The van der Waals surface area contributed by atoms with Crippen LogP contribution in [0.25, 0.3) is 5.57 Å². The topological polar surface area (TPSA) is 68.6 Å². The first-order valence-electron chi connectivity index (χ1n) is 10.3. The number of allylic oxidation sites excluding steroid dienone is 2. The van der Waals surface area contributed by atoms with Gasteiger partial charge in [0.25, 0.3) is 5.92 Å². The van der Waals surface area contributed by atoms with Crippen molar-refractivity contribution in [2.75, 3.05) is 41.0 Å². The van der Waals surface area contributed by atoms with E-state index in [4.69, 9.17) is 9.47 Å². The Morgan fingerprint density at radius 2 is 2.20 bits per heavy atom. The molecule has 1 atom stereocenters. The Morgan fingerprint density at radius 1 is 1.43 bits per heavy atom.